The van der Waals surface area contributed by atoms with Crippen molar-refractivity contribution in [1.82, 2.24) is 0 Å². The molecule has 90 valence electrons. The van der Waals surface area contributed by atoms with Crippen LogP contribution < -0.4 is 0 Å². The molecule has 1 aliphatic rings. The number of hydrogen-bond donors (Lipinski definition) is 0. The Kier molecular flexibility index (Phi) is 3.06. The van der Waals surface area contributed by atoms with Crippen LogP contribution in [0.15, 0.2) is 28.7 Å². The van der Waals surface area contributed by atoms with E-state index >= 15 is 0 Å². The van der Waals surface area contributed by atoms with Crippen molar-refractivity contribution in [3.63, 3.8) is 0 Å². The second-order valence-electron chi connectivity index (χ2n) is 4.77. The van der Waals surface area contributed by atoms with Gasteiger partial charge in [-0.15, -0.1) is 11.6 Å². The van der Waals surface area contributed by atoms with Crippen molar-refractivity contribution in [2.75, 3.05) is 0 Å². The molecule has 1 nitrogen and oxygen atoms in total. The number of benzene rings is 1. The summed E-state index contributed by atoms with van der Waals surface area (Å²) in [5, 5.41) is 2.06. The first kappa shape index (κ1) is 11.4. The summed E-state index contributed by atoms with van der Waals surface area (Å²) in [6, 6.07) is 7.97. The average molecular weight is 269 g/mol. The Hall–Kier alpha value is -0.660. The van der Waals surface area contributed by atoms with Crippen molar-refractivity contribution >= 4 is 34.2 Å². The van der Waals surface area contributed by atoms with Gasteiger partial charge in [0.1, 0.15) is 5.76 Å². The summed E-state index contributed by atoms with van der Waals surface area (Å²) in [6.45, 7) is 0. The standard InChI is InChI=1S/C14H14Cl2O/c15-11-5-1-3-9(7-11)13-8-10-4-2-6-12(16)14(10)17-13/h2,4,6,8-9,11H,1,3,5,7H2. The van der Waals surface area contributed by atoms with E-state index in [1.54, 1.807) is 0 Å². The van der Waals surface area contributed by atoms with Gasteiger partial charge in [0.15, 0.2) is 5.58 Å². The smallest absolute Gasteiger partial charge is 0.152 e. The van der Waals surface area contributed by atoms with E-state index in [-0.39, 0.29) is 5.38 Å². The zero-order valence-electron chi connectivity index (χ0n) is 9.46. The van der Waals surface area contributed by atoms with Crippen molar-refractivity contribution in [3.05, 3.63) is 35.0 Å². The van der Waals surface area contributed by atoms with E-state index in [4.69, 9.17) is 27.6 Å². The van der Waals surface area contributed by atoms with E-state index in [2.05, 4.69) is 6.07 Å². The first-order valence-electron chi connectivity index (χ1n) is 6.06. The van der Waals surface area contributed by atoms with E-state index in [1.807, 2.05) is 18.2 Å². The van der Waals surface area contributed by atoms with E-state index in [0.717, 1.165) is 29.6 Å². The van der Waals surface area contributed by atoms with Crippen molar-refractivity contribution in [2.24, 2.45) is 0 Å². The van der Waals surface area contributed by atoms with Gasteiger partial charge < -0.3 is 4.42 Å². The molecule has 0 aliphatic heterocycles. The van der Waals surface area contributed by atoms with Crippen LogP contribution in [0.5, 0.6) is 0 Å². The van der Waals surface area contributed by atoms with Crippen LogP contribution in [-0.2, 0) is 0 Å². The molecule has 1 heterocycles. The largest absolute Gasteiger partial charge is 0.459 e. The summed E-state index contributed by atoms with van der Waals surface area (Å²) in [7, 11) is 0. The first-order chi connectivity index (χ1) is 8.24. The molecule has 2 atom stereocenters. The topological polar surface area (TPSA) is 13.1 Å². The van der Waals surface area contributed by atoms with E-state index in [9.17, 15) is 0 Å². The fraction of sp³-hybridized carbons (Fsp3) is 0.429. The lowest BCUT2D eigenvalue weighted by Crippen LogP contribution is -2.13. The maximum atomic E-state index is 6.22. The Labute approximate surface area is 111 Å². The second-order valence-corrected chi connectivity index (χ2v) is 5.79. The van der Waals surface area contributed by atoms with Crippen molar-refractivity contribution in [2.45, 2.75) is 37.0 Å². The van der Waals surface area contributed by atoms with Gasteiger partial charge in [-0.1, -0.05) is 30.2 Å². The van der Waals surface area contributed by atoms with Gasteiger partial charge in [-0.05, 0) is 31.4 Å². The maximum absolute atomic E-state index is 6.22. The van der Waals surface area contributed by atoms with Crippen molar-refractivity contribution < 1.29 is 4.42 Å². The lowest BCUT2D eigenvalue weighted by atomic mass is 9.87. The number of para-hydroxylation sites is 1. The average Bonchev–Trinajstić information content (AvgIpc) is 2.74. The normalized spacial score (nSPS) is 25.3. The predicted molar refractivity (Wildman–Crippen MR) is 72.1 cm³/mol. The quantitative estimate of drug-likeness (QED) is 0.636. The third kappa shape index (κ3) is 2.19. The number of fused-ring (bicyclic) bond motifs is 1. The van der Waals surface area contributed by atoms with Crippen LogP contribution in [-0.4, -0.2) is 5.38 Å². The molecule has 3 heteroatoms. The Bertz CT molecular complexity index is 532. The van der Waals surface area contributed by atoms with Gasteiger partial charge >= 0.3 is 0 Å². The Morgan fingerprint density at radius 3 is 2.88 bits per heavy atom. The van der Waals surface area contributed by atoms with E-state index < -0.39 is 0 Å². The van der Waals surface area contributed by atoms with Crippen molar-refractivity contribution in [1.29, 1.82) is 0 Å². The molecule has 1 fully saturated rings. The third-order valence-corrected chi connectivity index (χ3v) is 4.22. The summed E-state index contributed by atoms with van der Waals surface area (Å²) in [5.74, 6) is 1.49. The summed E-state index contributed by atoms with van der Waals surface area (Å²) in [5.41, 5.74) is 0.806. The molecule has 1 saturated carbocycles. The number of hydrogen-bond acceptors (Lipinski definition) is 1. The summed E-state index contributed by atoms with van der Waals surface area (Å²) >= 11 is 12.3. The Balaban J connectivity index is 1.97. The van der Waals surface area contributed by atoms with Gasteiger partial charge in [0, 0.05) is 16.7 Å². The molecule has 1 aliphatic carbocycles. The van der Waals surface area contributed by atoms with E-state index in [1.165, 1.54) is 12.8 Å². The monoisotopic (exact) mass is 268 g/mol. The highest BCUT2D eigenvalue weighted by atomic mass is 35.5. The molecular formula is C14H14Cl2O. The number of alkyl halides is 1. The molecule has 17 heavy (non-hydrogen) atoms. The van der Waals surface area contributed by atoms with Gasteiger partial charge in [-0.3, -0.25) is 0 Å². The summed E-state index contributed by atoms with van der Waals surface area (Å²) in [6.07, 6.45) is 4.49. The first-order valence-corrected chi connectivity index (χ1v) is 6.87. The van der Waals surface area contributed by atoms with Crippen LogP contribution in [0.4, 0.5) is 0 Å². The van der Waals surface area contributed by atoms with Crippen LogP contribution in [0.2, 0.25) is 5.02 Å². The molecule has 0 radical (unpaired) electrons. The number of rotatable bonds is 1. The van der Waals surface area contributed by atoms with Gasteiger partial charge in [0.25, 0.3) is 0 Å². The zero-order valence-corrected chi connectivity index (χ0v) is 11.0. The van der Waals surface area contributed by atoms with Gasteiger partial charge in [-0.25, -0.2) is 0 Å². The minimum Gasteiger partial charge on any atom is -0.459 e. The lowest BCUT2D eigenvalue weighted by molar-refractivity contribution is 0.389. The predicted octanol–water partition coefficient (Wildman–Crippen LogP) is 5.35. The lowest BCUT2D eigenvalue weighted by Gasteiger charge is -2.23. The number of furan rings is 1. The molecular weight excluding hydrogens is 255 g/mol. The highest BCUT2D eigenvalue weighted by molar-refractivity contribution is 6.34. The van der Waals surface area contributed by atoms with Gasteiger partial charge in [-0.2, -0.15) is 0 Å². The SMILES string of the molecule is Clc1cccc2cc(C3CCCC(Cl)C3)oc12. The van der Waals surface area contributed by atoms with Crippen LogP contribution in [0.1, 0.15) is 37.4 Å². The second kappa shape index (κ2) is 4.55. The van der Waals surface area contributed by atoms with Gasteiger partial charge in [0.2, 0.25) is 0 Å². The molecule has 2 aromatic rings. The van der Waals surface area contributed by atoms with Crippen LogP contribution in [0.25, 0.3) is 11.0 Å². The minimum absolute atomic E-state index is 0.289. The maximum Gasteiger partial charge on any atom is 0.152 e. The molecule has 0 amide bonds. The molecule has 0 N–H and O–H groups in total. The molecule has 0 saturated heterocycles. The third-order valence-electron chi connectivity index (χ3n) is 3.53. The fourth-order valence-corrected chi connectivity index (χ4v) is 3.23. The molecule has 0 spiro atoms. The summed E-state index contributed by atoms with van der Waals surface area (Å²) in [4.78, 5) is 0. The van der Waals surface area contributed by atoms with Crippen molar-refractivity contribution in [3.8, 4) is 0 Å². The fourth-order valence-electron chi connectivity index (χ4n) is 2.64. The molecule has 1 aromatic heterocycles. The number of halogens is 2. The Morgan fingerprint density at radius 2 is 2.12 bits per heavy atom. The molecule has 1 aromatic carbocycles. The van der Waals surface area contributed by atoms with E-state index in [0.29, 0.717) is 10.9 Å². The van der Waals surface area contributed by atoms with Crippen LogP contribution >= 0.6 is 23.2 Å². The highest BCUT2D eigenvalue weighted by Crippen LogP contribution is 2.38. The Morgan fingerprint density at radius 1 is 1.24 bits per heavy atom. The molecule has 2 unspecified atom stereocenters. The van der Waals surface area contributed by atoms with Gasteiger partial charge in [0.05, 0.1) is 5.02 Å². The molecule has 0 bridgehead atoms. The summed E-state index contributed by atoms with van der Waals surface area (Å²) < 4.78 is 5.90. The minimum atomic E-state index is 0.289. The highest BCUT2D eigenvalue weighted by Gasteiger charge is 2.24. The molecule has 3 rings (SSSR count). The zero-order chi connectivity index (χ0) is 11.8. The van der Waals surface area contributed by atoms with Crippen LogP contribution in [0, 0.1) is 0 Å². The van der Waals surface area contributed by atoms with Crippen LogP contribution in [0.3, 0.4) is 0 Å².